The lowest BCUT2D eigenvalue weighted by Crippen LogP contribution is -2.36. The summed E-state index contributed by atoms with van der Waals surface area (Å²) >= 11 is 0. The molecule has 5 heteroatoms. The van der Waals surface area contributed by atoms with Gasteiger partial charge < -0.3 is 19.5 Å². The quantitative estimate of drug-likeness (QED) is 0.802. The normalized spacial score (nSPS) is 13.6. The van der Waals surface area contributed by atoms with Crippen LogP contribution in [-0.2, 0) is 9.53 Å². The van der Waals surface area contributed by atoms with Crippen LogP contribution in [0.15, 0.2) is 18.2 Å². The van der Waals surface area contributed by atoms with E-state index < -0.39 is 6.10 Å². The zero-order valence-corrected chi connectivity index (χ0v) is 14.3. The Morgan fingerprint density at radius 3 is 2.36 bits per heavy atom. The Labute approximate surface area is 132 Å². The van der Waals surface area contributed by atoms with E-state index in [4.69, 9.17) is 14.2 Å². The molecular weight excluding hydrogens is 282 g/mol. The van der Waals surface area contributed by atoms with Gasteiger partial charge in [0.1, 0.15) is 17.6 Å². The van der Waals surface area contributed by atoms with Gasteiger partial charge in [-0.2, -0.15) is 0 Å². The third-order valence-electron chi connectivity index (χ3n) is 3.31. The number of hydrogen-bond donors (Lipinski definition) is 1. The lowest BCUT2D eigenvalue weighted by molar-refractivity contribution is -0.133. The summed E-state index contributed by atoms with van der Waals surface area (Å²) in [5.41, 5.74) is 0.867. The molecule has 124 valence electrons. The highest BCUT2D eigenvalue weighted by atomic mass is 16.5. The first-order valence-electron chi connectivity index (χ1n) is 7.52. The number of nitrogens with one attached hydrogen (secondary N) is 1. The maximum Gasteiger partial charge on any atom is 0.249 e. The summed E-state index contributed by atoms with van der Waals surface area (Å²) in [6.45, 7) is 8.33. The lowest BCUT2D eigenvalue weighted by Gasteiger charge is -2.21. The fourth-order valence-electron chi connectivity index (χ4n) is 2.00. The molecule has 1 N–H and O–H groups in total. The molecule has 0 spiro atoms. The molecule has 0 saturated carbocycles. The van der Waals surface area contributed by atoms with Crippen molar-refractivity contribution in [3.05, 3.63) is 23.8 Å². The van der Waals surface area contributed by atoms with Gasteiger partial charge in [-0.1, -0.05) is 13.8 Å². The van der Waals surface area contributed by atoms with Crippen molar-refractivity contribution < 1.29 is 19.0 Å². The number of ether oxygens (including phenoxy) is 3. The Morgan fingerprint density at radius 2 is 1.82 bits per heavy atom. The molecule has 0 bridgehead atoms. The fourth-order valence-corrected chi connectivity index (χ4v) is 2.00. The third kappa shape index (κ3) is 5.22. The largest absolute Gasteiger partial charge is 0.497 e. The second-order valence-electron chi connectivity index (χ2n) is 5.71. The van der Waals surface area contributed by atoms with Crippen molar-refractivity contribution in [3.8, 4) is 11.5 Å². The summed E-state index contributed by atoms with van der Waals surface area (Å²) < 4.78 is 16.1. The number of carbonyl (C=O) groups is 1. The van der Waals surface area contributed by atoms with E-state index in [9.17, 15) is 4.79 Å². The van der Waals surface area contributed by atoms with Crippen LogP contribution in [0.4, 0.5) is 0 Å². The standard InChI is InChI=1S/C17H27NO4/c1-11(2)10-22-13(4)17(19)18-12(3)15-9-14(20-5)7-8-16(15)21-6/h7-9,11-13H,10H2,1-6H3,(H,18,19)/t12-,13-/m1/s1. The number of benzene rings is 1. The minimum Gasteiger partial charge on any atom is -0.497 e. The van der Waals surface area contributed by atoms with Crippen LogP contribution in [-0.4, -0.2) is 32.8 Å². The summed E-state index contributed by atoms with van der Waals surface area (Å²) in [5, 5.41) is 2.95. The zero-order chi connectivity index (χ0) is 16.7. The van der Waals surface area contributed by atoms with Crippen LogP contribution in [0.1, 0.15) is 39.3 Å². The highest BCUT2D eigenvalue weighted by Gasteiger charge is 2.19. The SMILES string of the molecule is COc1ccc(OC)c([C@@H](C)NC(=O)[C@@H](C)OCC(C)C)c1. The Hall–Kier alpha value is -1.75. The van der Waals surface area contributed by atoms with Crippen LogP contribution in [0.5, 0.6) is 11.5 Å². The highest BCUT2D eigenvalue weighted by molar-refractivity contribution is 5.80. The lowest BCUT2D eigenvalue weighted by atomic mass is 10.1. The Bertz CT molecular complexity index is 488. The minimum atomic E-state index is -0.485. The maximum absolute atomic E-state index is 12.2. The average molecular weight is 309 g/mol. The molecule has 0 saturated heterocycles. The van der Waals surface area contributed by atoms with Crippen LogP contribution in [0.3, 0.4) is 0 Å². The molecule has 0 fully saturated rings. The minimum absolute atomic E-state index is 0.141. The van der Waals surface area contributed by atoms with Gasteiger partial charge >= 0.3 is 0 Å². The Balaban J connectivity index is 2.75. The molecule has 0 aliphatic rings. The van der Waals surface area contributed by atoms with E-state index in [0.717, 1.165) is 11.3 Å². The van der Waals surface area contributed by atoms with E-state index in [1.807, 2.05) is 39.0 Å². The van der Waals surface area contributed by atoms with Gasteiger partial charge in [-0.05, 0) is 38.0 Å². The summed E-state index contributed by atoms with van der Waals surface area (Å²) in [6.07, 6.45) is -0.485. The van der Waals surface area contributed by atoms with Crippen molar-refractivity contribution in [2.75, 3.05) is 20.8 Å². The van der Waals surface area contributed by atoms with Crippen molar-refractivity contribution in [2.45, 2.75) is 39.8 Å². The number of methoxy groups -OCH3 is 2. The molecule has 0 unspecified atom stereocenters. The molecule has 1 amide bonds. The van der Waals surface area contributed by atoms with Crippen LogP contribution >= 0.6 is 0 Å². The second-order valence-corrected chi connectivity index (χ2v) is 5.71. The van der Waals surface area contributed by atoms with Crippen molar-refractivity contribution in [1.29, 1.82) is 0 Å². The van der Waals surface area contributed by atoms with Gasteiger partial charge in [-0.15, -0.1) is 0 Å². The van der Waals surface area contributed by atoms with Gasteiger partial charge in [0.15, 0.2) is 0 Å². The molecule has 0 heterocycles. The maximum atomic E-state index is 12.2. The molecule has 22 heavy (non-hydrogen) atoms. The summed E-state index contributed by atoms with van der Waals surface area (Å²) in [7, 11) is 3.21. The van der Waals surface area contributed by atoms with Gasteiger partial charge in [0.2, 0.25) is 5.91 Å². The van der Waals surface area contributed by atoms with Gasteiger partial charge in [0.05, 0.1) is 20.3 Å². The molecule has 0 aromatic heterocycles. The second kappa shape index (κ2) is 8.63. The van der Waals surface area contributed by atoms with Gasteiger partial charge in [-0.3, -0.25) is 4.79 Å². The number of hydrogen-bond acceptors (Lipinski definition) is 4. The van der Waals surface area contributed by atoms with Gasteiger partial charge in [0, 0.05) is 12.2 Å². The van der Waals surface area contributed by atoms with Crippen LogP contribution in [0, 0.1) is 5.92 Å². The number of amides is 1. The summed E-state index contributed by atoms with van der Waals surface area (Å²) in [4.78, 5) is 12.2. The van der Waals surface area contributed by atoms with Crippen molar-refractivity contribution in [1.82, 2.24) is 5.32 Å². The molecule has 5 nitrogen and oxygen atoms in total. The molecule has 1 aromatic carbocycles. The van der Waals surface area contributed by atoms with Crippen LogP contribution in [0.25, 0.3) is 0 Å². The van der Waals surface area contributed by atoms with Crippen molar-refractivity contribution in [3.63, 3.8) is 0 Å². The van der Waals surface area contributed by atoms with E-state index in [0.29, 0.717) is 18.3 Å². The van der Waals surface area contributed by atoms with Gasteiger partial charge in [0.25, 0.3) is 0 Å². The molecule has 1 rings (SSSR count). The molecule has 0 aliphatic carbocycles. The van der Waals surface area contributed by atoms with Crippen molar-refractivity contribution in [2.24, 2.45) is 5.92 Å². The summed E-state index contributed by atoms with van der Waals surface area (Å²) in [6, 6.07) is 5.31. The number of rotatable bonds is 8. The molecule has 0 aliphatic heterocycles. The molecule has 1 aromatic rings. The van der Waals surface area contributed by atoms with E-state index >= 15 is 0 Å². The predicted molar refractivity (Wildman–Crippen MR) is 86.4 cm³/mol. The first kappa shape index (κ1) is 18.3. The smallest absolute Gasteiger partial charge is 0.249 e. The number of carbonyl (C=O) groups excluding carboxylic acids is 1. The van der Waals surface area contributed by atoms with Gasteiger partial charge in [-0.25, -0.2) is 0 Å². The first-order chi connectivity index (χ1) is 10.4. The van der Waals surface area contributed by atoms with Crippen molar-refractivity contribution >= 4 is 5.91 Å². The zero-order valence-electron chi connectivity index (χ0n) is 14.3. The van der Waals surface area contributed by atoms with E-state index in [1.54, 1.807) is 21.1 Å². The fraction of sp³-hybridized carbons (Fsp3) is 0.588. The molecular formula is C17H27NO4. The average Bonchev–Trinajstić information content (AvgIpc) is 2.51. The molecule has 0 radical (unpaired) electrons. The summed E-state index contributed by atoms with van der Waals surface area (Å²) in [5.74, 6) is 1.69. The predicted octanol–water partition coefficient (Wildman–Crippen LogP) is 2.94. The van der Waals surface area contributed by atoms with Crippen LogP contribution < -0.4 is 14.8 Å². The highest BCUT2D eigenvalue weighted by Crippen LogP contribution is 2.29. The van der Waals surface area contributed by atoms with Crippen LogP contribution in [0.2, 0.25) is 0 Å². The monoisotopic (exact) mass is 309 g/mol. The van der Waals surface area contributed by atoms with E-state index in [-0.39, 0.29) is 11.9 Å². The topological polar surface area (TPSA) is 56.8 Å². The first-order valence-corrected chi connectivity index (χ1v) is 7.52. The van der Waals surface area contributed by atoms with E-state index in [2.05, 4.69) is 5.32 Å². The van der Waals surface area contributed by atoms with E-state index in [1.165, 1.54) is 0 Å². The Morgan fingerprint density at radius 1 is 1.14 bits per heavy atom. The molecule has 2 atom stereocenters. The third-order valence-corrected chi connectivity index (χ3v) is 3.31. The Kier molecular flexibility index (Phi) is 7.18.